The lowest BCUT2D eigenvalue weighted by molar-refractivity contribution is 0.0952. The quantitative estimate of drug-likeness (QED) is 0.593. The smallest absolute Gasteiger partial charge is 0.274 e. The first-order valence-corrected chi connectivity index (χ1v) is 9.99. The van der Waals surface area contributed by atoms with E-state index in [4.69, 9.17) is 0 Å². The van der Waals surface area contributed by atoms with Gasteiger partial charge in [-0.15, -0.1) is 0 Å². The van der Waals surface area contributed by atoms with E-state index in [0.29, 0.717) is 28.5 Å². The molecular weight excluding hydrogens is 370 g/mol. The zero-order chi connectivity index (χ0) is 20.0. The second kappa shape index (κ2) is 6.91. The Kier molecular flexibility index (Phi) is 4.22. The van der Waals surface area contributed by atoms with Crippen molar-refractivity contribution >= 4 is 28.9 Å². The number of fused-ring (bicyclic) bond motifs is 1. The van der Waals surface area contributed by atoms with Crippen molar-refractivity contribution < 1.29 is 4.79 Å². The molecule has 0 aliphatic heterocycles. The molecule has 0 saturated heterocycles. The zero-order valence-corrected chi connectivity index (χ0v) is 16.2. The highest BCUT2D eigenvalue weighted by Crippen LogP contribution is 2.30. The number of hydrogen-bond donors (Lipinski definition) is 3. The van der Waals surface area contributed by atoms with Gasteiger partial charge in [0.05, 0.1) is 6.20 Å². The van der Waals surface area contributed by atoms with Gasteiger partial charge >= 0.3 is 0 Å². The van der Waals surface area contributed by atoms with E-state index in [1.54, 1.807) is 28.3 Å². The fourth-order valence-corrected chi connectivity index (χ4v) is 3.55. The first-order chi connectivity index (χ1) is 14.1. The molecule has 0 spiro atoms. The number of nitrogens with one attached hydrogen (secondary N) is 3. The van der Waals surface area contributed by atoms with Gasteiger partial charge in [-0.05, 0) is 44.2 Å². The van der Waals surface area contributed by atoms with E-state index in [1.807, 2.05) is 12.3 Å². The van der Waals surface area contributed by atoms with Crippen LogP contribution in [0.4, 0.5) is 17.3 Å². The van der Waals surface area contributed by atoms with Crippen LogP contribution in [0.2, 0.25) is 0 Å². The second-order valence-electron chi connectivity index (χ2n) is 7.66. The molecule has 3 heterocycles. The van der Waals surface area contributed by atoms with E-state index in [9.17, 15) is 9.59 Å². The Morgan fingerprint density at radius 1 is 1.24 bits per heavy atom. The average molecular weight is 393 g/mol. The number of carbonyl (C=O) groups is 1. The van der Waals surface area contributed by atoms with Crippen molar-refractivity contribution in [2.75, 3.05) is 17.7 Å². The van der Waals surface area contributed by atoms with Gasteiger partial charge in [0.1, 0.15) is 22.9 Å². The number of pyridine rings is 1. The number of carbonyl (C=O) groups excluding carboxylic acids is 1. The van der Waals surface area contributed by atoms with E-state index >= 15 is 0 Å². The highest BCUT2D eigenvalue weighted by Gasteiger charge is 2.26. The molecular formula is C20H23N7O2. The number of hydrogen-bond acceptors (Lipinski definition) is 6. The molecule has 2 aliphatic rings. The lowest BCUT2D eigenvalue weighted by atomic mass is 9.93. The van der Waals surface area contributed by atoms with Crippen molar-refractivity contribution in [2.45, 2.75) is 44.2 Å². The lowest BCUT2D eigenvalue weighted by Crippen LogP contribution is -2.29. The average Bonchev–Trinajstić information content (AvgIpc) is 3.38. The highest BCUT2D eigenvalue weighted by molar-refractivity contribution is 6.00. The maximum absolute atomic E-state index is 12.9. The molecule has 2 fully saturated rings. The summed E-state index contributed by atoms with van der Waals surface area (Å²) in [6.07, 6.45) is 8.61. The molecule has 0 atom stereocenters. The fourth-order valence-electron chi connectivity index (χ4n) is 3.55. The molecule has 3 aromatic heterocycles. The van der Waals surface area contributed by atoms with Crippen molar-refractivity contribution in [3.8, 4) is 0 Å². The van der Waals surface area contributed by atoms with Crippen molar-refractivity contribution in [3.63, 3.8) is 0 Å². The van der Waals surface area contributed by atoms with Gasteiger partial charge in [-0.2, -0.15) is 9.61 Å². The zero-order valence-electron chi connectivity index (χ0n) is 16.2. The topological polar surface area (TPSA) is 105 Å². The van der Waals surface area contributed by atoms with Gasteiger partial charge in [-0.1, -0.05) is 0 Å². The van der Waals surface area contributed by atoms with Gasteiger partial charge in [0.25, 0.3) is 11.5 Å². The van der Waals surface area contributed by atoms with Crippen molar-refractivity contribution in [3.05, 3.63) is 46.5 Å². The predicted molar refractivity (Wildman–Crippen MR) is 110 cm³/mol. The molecule has 3 N–H and O–H groups in total. The molecule has 5 rings (SSSR count). The minimum atomic E-state index is -0.179. The van der Waals surface area contributed by atoms with Crippen LogP contribution in [-0.2, 0) is 0 Å². The second-order valence-corrected chi connectivity index (χ2v) is 7.66. The van der Waals surface area contributed by atoms with Gasteiger partial charge in [0.2, 0.25) is 0 Å². The minimum absolute atomic E-state index is 0.0647. The van der Waals surface area contributed by atoms with Crippen LogP contribution in [0.15, 0.2) is 35.4 Å². The van der Waals surface area contributed by atoms with Crippen LogP contribution in [0, 0.1) is 0 Å². The van der Waals surface area contributed by atoms with Gasteiger partial charge < -0.3 is 20.5 Å². The fraction of sp³-hybridized carbons (Fsp3) is 0.400. The summed E-state index contributed by atoms with van der Waals surface area (Å²) in [6.45, 7) is 0. The van der Waals surface area contributed by atoms with Crippen molar-refractivity contribution in [1.82, 2.24) is 24.5 Å². The van der Waals surface area contributed by atoms with Gasteiger partial charge in [-0.25, -0.2) is 4.98 Å². The molecule has 3 aromatic rings. The Balaban J connectivity index is 1.51. The van der Waals surface area contributed by atoms with Crippen molar-refractivity contribution in [2.24, 2.45) is 0 Å². The Hall–Kier alpha value is -3.36. The van der Waals surface area contributed by atoms with Gasteiger partial charge in [-0.3, -0.25) is 9.59 Å². The van der Waals surface area contributed by atoms with Crippen LogP contribution in [0.1, 0.15) is 48.5 Å². The van der Waals surface area contributed by atoms with Crippen LogP contribution in [-0.4, -0.2) is 38.2 Å². The molecule has 2 aliphatic carbocycles. The summed E-state index contributed by atoms with van der Waals surface area (Å²) in [5.41, 5.74) is 1.25. The number of amides is 1. The Morgan fingerprint density at radius 3 is 2.76 bits per heavy atom. The summed E-state index contributed by atoms with van der Waals surface area (Å²) >= 11 is 0. The van der Waals surface area contributed by atoms with E-state index in [2.05, 4.69) is 26.0 Å². The third-order valence-corrected chi connectivity index (χ3v) is 5.59. The molecule has 9 nitrogen and oxygen atoms in total. The number of anilines is 3. The minimum Gasteiger partial charge on any atom is -0.373 e. The predicted octanol–water partition coefficient (Wildman–Crippen LogP) is 2.29. The van der Waals surface area contributed by atoms with Crippen LogP contribution in [0.5, 0.6) is 0 Å². The standard InChI is InChI=1S/C20H23N7O2/c1-21-17-10-16(24-15-6-3-9-26(20(15)29)13-4-2-5-13)25-18-14(11-22-27(17)18)19(28)23-12-7-8-12/h3,6,9-13,21H,2,4-5,7-8H2,1H3,(H,23,28)(H,24,25). The van der Waals surface area contributed by atoms with E-state index < -0.39 is 0 Å². The monoisotopic (exact) mass is 393 g/mol. The summed E-state index contributed by atoms with van der Waals surface area (Å²) in [6, 6.07) is 5.91. The van der Waals surface area contributed by atoms with E-state index in [1.165, 1.54) is 6.20 Å². The maximum atomic E-state index is 12.9. The van der Waals surface area contributed by atoms with E-state index in [-0.39, 0.29) is 23.6 Å². The first kappa shape index (κ1) is 17.7. The number of aromatic nitrogens is 4. The third-order valence-electron chi connectivity index (χ3n) is 5.59. The summed E-state index contributed by atoms with van der Waals surface area (Å²) in [4.78, 5) is 30.0. The van der Waals surface area contributed by atoms with Gasteiger partial charge in [0, 0.05) is 31.4 Å². The maximum Gasteiger partial charge on any atom is 0.274 e. The SMILES string of the molecule is CNc1cc(Nc2cccn(C3CCC3)c2=O)nc2c(C(=O)NC3CC3)cnn12. The summed E-state index contributed by atoms with van der Waals surface area (Å²) in [5, 5.41) is 13.5. The number of rotatable bonds is 6. The molecule has 1 amide bonds. The van der Waals surface area contributed by atoms with Crippen LogP contribution < -0.4 is 21.5 Å². The Morgan fingerprint density at radius 2 is 2.07 bits per heavy atom. The number of nitrogens with zero attached hydrogens (tertiary/aromatic N) is 4. The summed E-state index contributed by atoms with van der Waals surface area (Å²) < 4.78 is 3.38. The Labute approximate surface area is 167 Å². The molecule has 150 valence electrons. The van der Waals surface area contributed by atoms with Crippen LogP contribution in [0.25, 0.3) is 5.65 Å². The van der Waals surface area contributed by atoms with E-state index in [0.717, 1.165) is 32.1 Å². The Bertz CT molecular complexity index is 1140. The largest absolute Gasteiger partial charge is 0.373 e. The first-order valence-electron chi connectivity index (χ1n) is 9.99. The third kappa shape index (κ3) is 3.22. The van der Waals surface area contributed by atoms with Crippen molar-refractivity contribution in [1.29, 1.82) is 0 Å². The summed E-state index contributed by atoms with van der Waals surface area (Å²) in [7, 11) is 1.77. The molecule has 0 bridgehead atoms. The lowest BCUT2D eigenvalue weighted by Gasteiger charge is -2.27. The molecule has 0 aromatic carbocycles. The van der Waals surface area contributed by atoms with Gasteiger partial charge in [0.15, 0.2) is 5.65 Å². The molecule has 0 radical (unpaired) electrons. The normalized spacial score (nSPS) is 16.4. The molecule has 2 saturated carbocycles. The molecule has 29 heavy (non-hydrogen) atoms. The van der Waals surface area contributed by atoms with Crippen LogP contribution in [0.3, 0.4) is 0 Å². The van der Waals surface area contributed by atoms with Crippen LogP contribution >= 0.6 is 0 Å². The highest BCUT2D eigenvalue weighted by atomic mass is 16.2. The molecule has 9 heteroatoms. The summed E-state index contributed by atoms with van der Waals surface area (Å²) in [5.74, 6) is 0.964. The molecule has 0 unspecified atom stereocenters.